The Balaban J connectivity index is 2.57. The number of carbonyl (C=O) groups is 3. The molecular formula is C34H50ClN3O4. The normalized spacial score (nSPS) is 12.9. The van der Waals surface area contributed by atoms with Gasteiger partial charge in [-0.3, -0.25) is 9.59 Å². The first-order chi connectivity index (χ1) is 19.8. The van der Waals surface area contributed by atoms with Crippen LogP contribution in [-0.4, -0.2) is 41.0 Å². The summed E-state index contributed by atoms with van der Waals surface area (Å²) in [6, 6.07) is 11.4. The second kappa shape index (κ2) is 16.5. The summed E-state index contributed by atoms with van der Waals surface area (Å²) in [4.78, 5) is 43.0. The van der Waals surface area contributed by atoms with E-state index in [2.05, 4.69) is 24.5 Å². The highest BCUT2D eigenvalue weighted by molar-refractivity contribution is 6.34. The van der Waals surface area contributed by atoms with Gasteiger partial charge in [-0.1, -0.05) is 101 Å². The highest BCUT2D eigenvalue weighted by Crippen LogP contribution is 2.30. The molecule has 7 nitrogen and oxygen atoms in total. The Morgan fingerprint density at radius 3 is 2.14 bits per heavy atom. The van der Waals surface area contributed by atoms with Crippen molar-refractivity contribution >= 4 is 35.2 Å². The van der Waals surface area contributed by atoms with Crippen LogP contribution in [0.2, 0.25) is 5.02 Å². The molecular weight excluding hydrogens is 550 g/mol. The molecule has 8 heteroatoms. The summed E-state index contributed by atoms with van der Waals surface area (Å²) in [5.41, 5.74) is 2.44. The fourth-order valence-electron chi connectivity index (χ4n) is 4.77. The molecule has 2 aromatic rings. The predicted octanol–water partition coefficient (Wildman–Crippen LogP) is 8.24. The minimum atomic E-state index is -0.938. The van der Waals surface area contributed by atoms with Gasteiger partial charge in [0.25, 0.3) is 5.91 Å². The van der Waals surface area contributed by atoms with E-state index in [4.69, 9.17) is 16.3 Å². The van der Waals surface area contributed by atoms with Gasteiger partial charge in [0.1, 0.15) is 17.7 Å². The molecule has 2 aromatic carbocycles. The van der Waals surface area contributed by atoms with E-state index in [0.29, 0.717) is 22.8 Å². The Hall–Kier alpha value is -3.06. The third kappa shape index (κ3) is 10.6. The van der Waals surface area contributed by atoms with Crippen molar-refractivity contribution in [3.8, 4) is 0 Å². The Kier molecular flexibility index (Phi) is 13.8. The number of para-hydroxylation sites is 1. The van der Waals surface area contributed by atoms with Gasteiger partial charge < -0.3 is 20.3 Å². The van der Waals surface area contributed by atoms with Crippen LogP contribution in [0.15, 0.2) is 42.5 Å². The Bertz CT molecular complexity index is 1150. The molecule has 0 heterocycles. The number of unbranched alkanes of at least 4 members (excludes halogenated alkanes) is 4. The molecule has 42 heavy (non-hydrogen) atoms. The number of hydrogen-bond acceptors (Lipinski definition) is 4. The molecule has 2 atom stereocenters. The van der Waals surface area contributed by atoms with Gasteiger partial charge in [0.15, 0.2) is 0 Å². The van der Waals surface area contributed by atoms with Gasteiger partial charge in [-0.25, -0.2) is 4.79 Å². The van der Waals surface area contributed by atoms with Crippen LogP contribution >= 0.6 is 11.6 Å². The first kappa shape index (κ1) is 35.1. The maximum atomic E-state index is 14.4. The maximum Gasteiger partial charge on any atom is 0.408 e. The SMILES string of the molecule is CCCCCCCN(C(=O)C(NC(=O)OC(C)(C)C)C(C)C)C(C(=O)Nc1c(C)cccc1Cl)c1ccc(CC)cc1. The number of amides is 3. The van der Waals surface area contributed by atoms with Gasteiger partial charge in [0.2, 0.25) is 5.91 Å². The second-order valence-electron chi connectivity index (χ2n) is 12.2. The molecule has 0 fully saturated rings. The van der Waals surface area contributed by atoms with Crippen molar-refractivity contribution in [3.05, 3.63) is 64.2 Å². The summed E-state index contributed by atoms with van der Waals surface area (Å²) in [6.45, 7) is 15.5. The number of anilines is 1. The monoisotopic (exact) mass is 599 g/mol. The molecule has 3 amide bonds. The van der Waals surface area contributed by atoms with Crippen molar-refractivity contribution in [1.29, 1.82) is 0 Å². The Morgan fingerprint density at radius 2 is 1.60 bits per heavy atom. The van der Waals surface area contributed by atoms with E-state index >= 15 is 0 Å². The van der Waals surface area contributed by atoms with Crippen molar-refractivity contribution in [1.82, 2.24) is 10.2 Å². The number of ether oxygens (including phenoxy) is 1. The second-order valence-corrected chi connectivity index (χ2v) is 12.6. The van der Waals surface area contributed by atoms with Crippen molar-refractivity contribution in [2.45, 2.75) is 112 Å². The van der Waals surface area contributed by atoms with E-state index in [-0.39, 0.29) is 17.7 Å². The molecule has 2 unspecified atom stereocenters. The molecule has 232 valence electrons. The zero-order valence-corrected chi connectivity index (χ0v) is 27.4. The quantitative estimate of drug-likeness (QED) is 0.214. The highest BCUT2D eigenvalue weighted by atomic mass is 35.5. The number of nitrogens with zero attached hydrogens (tertiary/aromatic N) is 1. The number of carbonyl (C=O) groups excluding carboxylic acids is 3. The third-order valence-corrected chi connectivity index (χ3v) is 7.44. The molecule has 0 aromatic heterocycles. The largest absolute Gasteiger partial charge is 0.444 e. The van der Waals surface area contributed by atoms with E-state index in [9.17, 15) is 14.4 Å². The lowest BCUT2D eigenvalue weighted by Crippen LogP contribution is -2.54. The number of alkyl carbamates (subject to hydrolysis) is 1. The fourth-order valence-corrected chi connectivity index (χ4v) is 5.04. The van der Waals surface area contributed by atoms with Crippen molar-refractivity contribution in [2.75, 3.05) is 11.9 Å². The van der Waals surface area contributed by atoms with E-state index in [1.54, 1.807) is 31.7 Å². The first-order valence-corrected chi connectivity index (χ1v) is 15.6. The zero-order valence-electron chi connectivity index (χ0n) is 26.7. The standard InChI is InChI=1S/C34H50ClN3O4/c1-9-11-12-13-14-22-38(32(40)28(23(3)4)37-33(41)42-34(6,7)8)30(26-20-18-25(10-2)19-21-26)31(39)36-29-24(5)16-15-17-27(29)35/h15-21,23,28,30H,9-14,22H2,1-8H3,(H,36,39)(H,37,41). The van der Waals surface area contributed by atoms with E-state index in [1.165, 1.54) is 0 Å². The third-order valence-electron chi connectivity index (χ3n) is 7.12. The van der Waals surface area contributed by atoms with Crippen molar-refractivity contribution in [3.63, 3.8) is 0 Å². The van der Waals surface area contributed by atoms with Gasteiger partial charge in [0.05, 0.1) is 10.7 Å². The van der Waals surface area contributed by atoms with Crippen LogP contribution in [-0.2, 0) is 20.7 Å². The number of aryl methyl sites for hydroxylation is 2. The fraction of sp³-hybridized carbons (Fsp3) is 0.559. The van der Waals surface area contributed by atoms with Crippen molar-refractivity contribution in [2.24, 2.45) is 5.92 Å². The molecule has 0 aliphatic carbocycles. The average molecular weight is 600 g/mol. The van der Waals surface area contributed by atoms with Crippen LogP contribution in [0, 0.1) is 12.8 Å². The molecule has 0 radical (unpaired) electrons. The van der Waals surface area contributed by atoms with Gasteiger partial charge in [0, 0.05) is 6.54 Å². The lowest BCUT2D eigenvalue weighted by Gasteiger charge is -2.36. The highest BCUT2D eigenvalue weighted by Gasteiger charge is 2.37. The molecule has 0 saturated heterocycles. The summed E-state index contributed by atoms with van der Waals surface area (Å²) in [7, 11) is 0. The van der Waals surface area contributed by atoms with Crippen LogP contribution in [0.1, 0.15) is 103 Å². The van der Waals surface area contributed by atoms with Gasteiger partial charge in [-0.15, -0.1) is 0 Å². The van der Waals surface area contributed by atoms with Crippen molar-refractivity contribution < 1.29 is 19.1 Å². The smallest absolute Gasteiger partial charge is 0.408 e. The number of benzene rings is 2. The van der Waals surface area contributed by atoms with E-state index in [1.807, 2.05) is 57.2 Å². The van der Waals surface area contributed by atoms with Gasteiger partial charge >= 0.3 is 6.09 Å². The Morgan fingerprint density at radius 1 is 0.952 bits per heavy atom. The van der Waals surface area contributed by atoms with E-state index < -0.39 is 23.8 Å². The topological polar surface area (TPSA) is 87.7 Å². The first-order valence-electron chi connectivity index (χ1n) is 15.2. The number of halogens is 1. The van der Waals surface area contributed by atoms with Crippen LogP contribution in [0.25, 0.3) is 0 Å². The lowest BCUT2D eigenvalue weighted by atomic mass is 9.97. The lowest BCUT2D eigenvalue weighted by molar-refractivity contribution is -0.141. The maximum absolute atomic E-state index is 14.4. The molecule has 0 saturated carbocycles. The Labute approximate surface area is 257 Å². The number of nitrogens with one attached hydrogen (secondary N) is 2. The average Bonchev–Trinajstić information content (AvgIpc) is 2.91. The van der Waals surface area contributed by atoms with Gasteiger partial charge in [-0.2, -0.15) is 0 Å². The molecule has 0 bridgehead atoms. The van der Waals surface area contributed by atoms with E-state index in [0.717, 1.165) is 49.7 Å². The predicted molar refractivity (Wildman–Crippen MR) is 172 cm³/mol. The minimum Gasteiger partial charge on any atom is -0.444 e. The van der Waals surface area contributed by atoms with Crippen LogP contribution in [0.3, 0.4) is 0 Å². The summed E-state index contributed by atoms with van der Waals surface area (Å²) >= 11 is 6.48. The molecule has 2 rings (SSSR count). The van der Waals surface area contributed by atoms with Crippen LogP contribution in [0.5, 0.6) is 0 Å². The van der Waals surface area contributed by atoms with Crippen LogP contribution in [0.4, 0.5) is 10.5 Å². The molecule has 0 aliphatic heterocycles. The minimum absolute atomic E-state index is 0.246. The molecule has 0 aliphatic rings. The molecule has 0 spiro atoms. The summed E-state index contributed by atoms with van der Waals surface area (Å²) in [6.07, 6.45) is 5.09. The van der Waals surface area contributed by atoms with Crippen LogP contribution < -0.4 is 10.6 Å². The summed E-state index contributed by atoms with van der Waals surface area (Å²) in [5.74, 6) is -0.941. The summed E-state index contributed by atoms with van der Waals surface area (Å²) in [5, 5.41) is 6.23. The molecule has 2 N–H and O–H groups in total. The number of rotatable bonds is 14. The number of hydrogen-bond donors (Lipinski definition) is 2. The van der Waals surface area contributed by atoms with Gasteiger partial charge in [-0.05, 0) is 69.2 Å². The summed E-state index contributed by atoms with van der Waals surface area (Å²) < 4.78 is 5.48. The zero-order chi connectivity index (χ0) is 31.4.